The molecule has 0 amide bonds. The molecule has 1 unspecified atom stereocenters. The largest absolute Gasteiger partial charge is 0.493 e. The van der Waals surface area contributed by atoms with E-state index in [0.29, 0.717) is 6.61 Å². The van der Waals surface area contributed by atoms with Crippen molar-refractivity contribution in [1.82, 2.24) is 5.32 Å². The Labute approximate surface area is 117 Å². The molecule has 3 nitrogen and oxygen atoms in total. The van der Waals surface area contributed by atoms with Crippen molar-refractivity contribution in [3.05, 3.63) is 29.3 Å². The lowest BCUT2D eigenvalue weighted by molar-refractivity contribution is 0.145. The zero-order valence-electron chi connectivity index (χ0n) is 12.6. The van der Waals surface area contributed by atoms with Crippen molar-refractivity contribution in [3.8, 4) is 5.75 Å². The van der Waals surface area contributed by atoms with Crippen LogP contribution in [0.5, 0.6) is 5.75 Å². The van der Waals surface area contributed by atoms with Gasteiger partial charge in [0.1, 0.15) is 5.75 Å². The lowest BCUT2D eigenvalue weighted by Gasteiger charge is -2.30. The Hall–Kier alpha value is -1.06. The molecule has 0 fully saturated rings. The highest BCUT2D eigenvalue weighted by atomic mass is 16.5. The Morgan fingerprint density at radius 2 is 1.89 bits per heavy atom. The Kier molecular flexibility index (Phi) is 6.32. The average Bonchev–Trinajstić information content (AvgIpc) is 2.42. The van der Waals surface area contributed by atoms with Crippen LogP contribution in [0.25, 0.3) is 0 Å². The van der Waals surface area contributed by atoms with Gasteiger partial charge in [0.05, 0.1) is 13.2 Å². The highest BCUT2D eigenvalue weighted by molar-refractivity contribution is 5.39. The van der Waals surface area contributed by atoms with Crippen LogP contribution in [0.15, 0.2) is 18.2 Å². The molecule has 0 bridgehead atoms. The van der Waals surface area contributed by atoms with Crippen LogP contribution < -0.4 is 10.1 Å². The fraction of sp³-hybridized carbons (Fsp3) is 0.625. The predicted molar refractivity (Wildman–Crippen MR) is 79.8 cm³/mol. The summed E-state index contributed by atoms with van der Waals surface area (Å²) in [6, 6.07) is 6.19. The van der Waals surface area contributed by atoms with E-state index < -0.39 is 0 Å². The zero-order chi connectivity index (χ0) is 14.3. The van der Waals surface area contributed by atoms with E-state index in [0.717, 1.165) is 25.0 Å². The number of likely N-dealkylation sites (N-methyl/N-ethyl adjacent to an activating group) is 1. The third kappa shape index (κ3) is 4.22. The van der Waals surface area contributed by atoms with Gasteiger partial charge in [0.2, 0.25) is 0 Å². The second kappa shape index (κ2) is 7.51. The maximum absolute atomic E-state index is 9.48. The first-order valence-corrected chi connectivity index (χ1v) is 7.07. The van der Waals surface area contributed by atoms with Crippen LogP contribution in [-0.2, 0) is 0 Å². The second-order valence-electron chi connectivity index (χ2n) is 5.21. The third-order valence-corrected chi connectivity index (χ3v) is 3.96. The maximum Gasteiger partial charge on any atom is 0.125 e. The van der Waals surface area contributed by atoms with Crippen molar-refractivity contribution >= 4 is 0 Å². The molecule has 0 radical (unpaired) electrons. The molecule has 1 atom stereocenters. The van der Waals surface area contributed by atoms with Crippen LogP contribution >= 0.6 is 0 Å². The van der Waals surface area contributed by atoms with Gasteiger partial charge in [-0.1, -0.05) is 25.1 Å². The van der Waals surface area contributed by atoms with E-state index in [2.05, 4.69) is 38.2 Å². The van der Waals surface area contributed by atoms with E-state index in [1.165, 1.54) is 11.1 Å². The van der Waals surface area contributed by atoms with Gasteiger partial charge in [0.25, 0.3) is 0 Å². The first kappa shape index (κ1) is 16.0. The van der Waals surface area contributed by atoms with Gasteiger partial charge >= 0.3 is 0 Å². The lowest BCUT2D eigenvalue weighted by atomic mass is 9.92. The first-order valence-electron chi connectivity index (χ1n) is 7.07. The van der Waals surface area contributed by atoms with Crippen LogP contribution in [0.3, 0.4) is 0 Å². The molecule has 1 aromatic carbocycles. The molecular formula is C16H27NO2. The van der Waals surface area contributed by atoms with Crippen molar-refractivity contribution in [2.24, 2.45) is 0 Å². The van der Waals surface area contributed by atoms with Crippen LogP contribution in [0.4, 0.5) is 0 Å². The highest BCUT2D eigenvalue weighted by Gasteiger charge is 2.24. The van der Waals surface area contributed by atoms with Gasteiger partial charge in [-0.05, 0) is 51.3 Å². The third-order valence-electron chi connectivity index (χ3n) is 3.96. The molecule has 0 aliphatic heterocycles. The molecule has 1 rings (SSSR count). The van der Waals surface area contributed by atoms with E-state index in [4.69, 9.17) is 4.74 Å². The summed E-state index contributed by atoms with van der Waals surface area (Å²) in [6.07, 6.45) is 2.77. The van der Waals surface area contributed by atoms with Crippen LogP contribution in [0.1, 0.15) is 37.3 Å². The minimum absolute atomic E-state index is 0.163. The molecule has 0 aliphatic rings. The van der Waals surface area contributed by atoms with Gasteiger partial charge in [0, 0.05) is 5.54 Å². The number of aliphatic hydroxyl groups excluding tert-OH is 1. The Balaban J connectivity index is 2.47. The first-order chi connectivity index (χ1) is 9.08. The second-order valence-corrected chi connectivity index (χ2v) is 5.21. The molecule has 0 aliphatic carbocycles. The van der Waals surface area contributed by atoms with E-state index in [9.17, 15) is 5.11 Å². The molecule has 0 saturated heterocycles. The summed E-state index contributed by atoms with van der Waals surface area (Å²) in [5.41, 5.74) is 2.19. The number of rotatable bonds is 8. The van der Waals surface area contributed by atoms with Crippen molar-refractivity contribution in [3.63, 3.8) is 0 Å². The molecule has 0 heterocycles. The Morgan fingerprint density at radius 3 is 2.37 bits per heavy atom. The number of benzene rings is 1. The number of para-hydroxylation sites is 1. The SMILES string of the molecule is CCC(CO)(CCCOc1c(C)cccc1C)NC. The standard InChI is InChI=1S/C16H27NO2/c1-5-16(12-18,17-4)10-7-11-19-15-13(2)8-6-9-14(15)3/h6,8-9,17-18H,5,7,10-12H2,1-4H3. The molecular weight excluding hydrogens is 238 g/mol. The van der Waals surface area contributed by atoms with Gasteiger partial charge in [-0.25, -0.2) is 0 Å². The molecule has 0 saturated carbocycles. The number of hydrogen-bond acceptors (Lipinski definition) is 3. The topological polar surface area (TPSA) is 41.5 Å². The van der Waals surface area contributed by atoms with Gasteiger partial charge in [-0.3, -0.25) is 0 Å². The number of hydrogen-bond donors (Lipinski definition) is 2. The van der Waals surface area contributed by atoms with Crippen LogP contribution in [-0.4, -0.2) is 30.9 Å². The Morgan fingerprint density at radius 1 is 1.26 bits per heavy atom. The monoisotopic (exact) mass is 265 g/mol. The summed E-state index contributed by atoms with van der Waals surface area (Å²) < 4.78 is 5.89. The van der Waals surface area contributed by atoms with E-state index in [1.807, 2.05) is 13.1 Å². The summed E-state index contributed by atoms with van der Waals surface area (Å²) >= 11 is 0. The number of aryl methyl sites for hydroxylation is 2. The van der Waals surface area contributed by atoms with Crippen molar-refractivity contribution in [1.29, 1.82) is 0 Å². The lowest BCUT2D eigenvalue weighted by Crippen LogP contribution is -2.46. The zero-order valence-corrected chi connectivity index (χ0v) is 12.6. The van der Waals surface area contributed by atoms with Gasteiger partial charge in [-0.2, -0.15) is 0 Å². The van der Waals surface area contributed by atoms with Gasteiger partial charge < -0.3 is 15.2 Å². The molecule has 3 heteroatoms. The van der Waals surface area contributed by atoms with Gasteiger partial charge in [-0.15, -0.1) is 0 Å². The fourth-order valence-electron chi connectivity index (χ4n) is 2.36. The predicted octanol–water partition coefficient (Wildman–Crippen LogP) is 2.82. The summed E-state index contributed by atoms with van der Waals surface area (Å²) in [6.45, 7) is 7.09. The molecule has 0 spiro atoms. The van der Waals surface area contributed by atoms with Gasteiger partial charge in [0.15, 0.2) is 0 Å². The van der Waals surface area contributed by atoms with Crippen LogP contribution in [0, 0.1) is 13.8 Å². The molecule has 2 N–H and O–H groups in total. The van der Waals surface area contributed by atoms with E-state index in [1.54, 1.807) is 0 Å². The maximum atomic E-state index is 9.48. The summed E-state index contributed by atoms with van der Waals surface area (Å²) in [4.78, 5) is 0. The average molecular weight is 265 g/mol. The summed E-state index contributed by atoms with van der Waals surface area (Å²) in [5, 5.41) is 12.7. The smallest absolute Gasteiger partial charge is 0.125 e. The Bertz CT molecular complexity index is 358. The molecule has 108 valence electrons. The summed E-state index contributed by atoms with van der Waals surface area (Å²) in [7, 11) is 1.91. The normalized spacial score (nSPS) is 14.2. The highest BCUT2D eigenvalue weighted by Crippen LogP contribution is 2.23. The van der Waals surface area contributed by atoms with E-state index in [-0.39, 0.29) is 12.1 Å². The quantitative estimate of drug-likeness (QED) is 0.710. The van der Waals surface area contributed by atoms with Crippen molar-refractivity contribution in [2.75, 3.05) is 20.3 Å². The molecule has 0 aromatic heterocycles. The van der Waals surface area contributed by atoms with E-state index >= 15 is 0 Å². The minimum atomic E-state index is -0.163. The summed E-state index contributed by atoms with van der Waals surface area (Å²) in [5.74, 6) is 0.998. The van der Waals surface area contributed by atoms with Crippen LogP contribution in [0.2, 0.25) is 0 Å². The number of nitrogens with one attached hydrogen (secondary N) is 1. The fourth-order valence-corrected chi connectivity index (χ4v) is 2.36. The van der Waals surface area contributed by atoms with Crippen molar-refractivity contribution < 1.29 is 9.84 Å². The molecule has 1 aromatic rings. The molecule has 19 heavy (non-hydrogen) atoms. The number of aliphatic hydroxyl groups is 1. The minimum Gasteiger partial charge on any atom is -0.493 e. The number of ether oxygens (including phenoxy) is 1. The van der Waals surface area contributed by atoms with Crippen molar-refractivity contribution in [2.45, 2.75) is 45.6 Å².